The van der Waals surface area contributed by atoms with Crippen molar-refractivity contribution in [2.75, 3.05) is 46.1 Å². The lowest BCUT2D eigenvalue weighted by atomic mass is 9.91. The lowest BCUT2D eigenvalue weighted by Gasteiger charge is -2.37. The van der Waals surface area contributed by atoms with Gasteiger partial charge in [0.1, 0.15) is 0 Å². The molecule has 144 valence electrons. The van der Waals surface area contributed by atoms with Gasteiger partial charge in [-0.2, -0.15) is 0 Å². The van der Waals surface area contributed by atoms with Crippen LogP contribution in [0.5, 0.6) is 0 Å². The fraction of sp³-hybridized carbons (Fsp3) is 0.938. The van der Waals surface area contributed by atoms with Crippen LogP contribution in [0.1, 0.15) is 26.7 Å². The third-order valence-corrected chi connectivity index (χ3v) is 4.85. The second-order valence-corrected chi connectivity index (χ2v) is 6.68. The Balaban J connectivity index is 0.00000264. The molecular weight excluding hydrogens is 353 g/mol. The third kappa shape index (κ3) is 7.02. The Morgan fingerprint density at radius 1 is 1.12 bits per heavy atom. The van der Waals surface area contributed by atoms with Crippen molar-refractivity contribution in [1.29, 1.82) is 0 Å². The molecule has 2 aliphatic rings. The first-order chi connectivity index (χ1) is 10.6. The molecule has 6 nitrogen and oxygen atoms in total. The van der Waals surface area contributed by atoms with Gasteiger partial charge in [0.15, 0.2) is 0 Å². The van der Waals surface area contributed by atoms with Crippen molar-refractivity contribution in [1.82, 2.24) is 10.2 Å². The summed E-state index contributed by atoms with van der Waals surface area (Å²) in [6.45, 7) is 9.91. The molecule has 0 radical (unpaired) electrons. The zero-order valence-electron chi connectivity index (χ0n) is 14.7. The summed E-state index contributed by atoms with van der Waals surface area (Å²) in [4.78, 5) is 14.7. The Hall–Kier alpha value is -0.110. The molecule has 0 aliphatic carbocycles. The van der Waals surface area contributed by atoms with E-state index in [0.29, 0.717) is 31.7 Å². The first kappa shape index (κ1) is 23.9. The number of rotatable bonds is 6. The Kier molecular flexibility index (Phi) is 12.2. The van der Waals surface area contributed by atoms with Gasteiger partial charge in [-0.3, -0.25) is 9.69 Å². The lowest BCUT2D eigenvalue weighted by Crippen LogP contribution is -2.54. The molecular formula is C16H33Cl2N3O3. The van der Waals surface area contributed by atoms with Crippen LogP contribution in [0.3, 0.4) is 0 Å². The minimum absolute atomic E-state index is 0. The number of carbonyl (C=O) groups excluding carboxylic acids is 1. The van der Waals surface area contributed by atoms with Crippen LogP contribution in [-0.4, -0.2) is 69.0 Å². The van der Waals surface area contributed by atoms with E-state index in [1.54, 1.807) is 0 Å². The normalized spacial score (nSPS) is 22.2. The second-order valence-electron chi connectivity index (χ2n) is 6.68. The molecule has 0 bridgehead atoms. The van der Waals surface area contributed by atoms with Gasteiger partial charge in [-0.15, -0.1) is 24.8 Å². The summed E-state index contributed by atoms with van der Waals surface area (Å²) in [5.41, 5.74) is 6.13. The van der Waals surface area contributed by atoms with Gasteiger partial charge >= 0.3 is 0 Å². The molecule has 24 heavy (non-hydrogen) atoms. The van der Waals surface area contributed by atoms with Gasteiger partial charge in [0, 0.05) is 38.9 Å². The number of halogens is 2. The molecule has 0 saturated carbocycles. The van der Waals surface area contributed by atoms with E-state index in [1.165, 1.54) is 0 Å². The molecule has 0 aromatic heterocycles. The number of carbonyl (C=O) groups is 1. The fourth-order valence-corrected chi connectivity index (χ4v) is 3.31. The van der Waals surface area contributed by atoms with Crippen molar-refractivity contribution >= 4 is 30.7 Å². The molecule has 2 heterocycles. The summed E-state index contributed by atoms with van der Waals surface area (Å²) in [6, 6.07) is -0.0730. The van der Waals surface area contributed by atoms with Gasteiger partial charge in [0.25, 0.3) is 0 Å². The van der Waals surface area contributed by atoms with Crippen molar-refractivity contribution in [3.63, 3.8) is 0 Å². The quantitative estimate of drug-likeness (QED) is 0.714. The number of nitrogens with one attached hydrogen (secondary N) is 1. The number of hydrogen-bond acceptors (Lipinski definition) is 5. The maximum Gasteiger partial charge on any atom is 0.237 e. The highest BCUT2D eigenvalue weighted by atomic mass is 35.5. The molecule has 2 atom stereocenters. The van der Waals surface area contributed by atoms with Crippen molar-refractivity contribution in [3.8, 4) is 0 Å². The van der Waals surface area contributed by atoms with Crippen LogP contribution >= 0.6 is 24.8 Å². The van der Waals surface area contributed by atoms with E-state index in [0.717, 1.165) is 39.1 Å². The summed E-state index contributed by atoms with van der Waals surface area (Å²) in [5, 5.41) is 3.07. The Morgan fingerprint density at radius 3 is 2.21 bits per heavy atom. The van der Waals surface area contributed by atoms with Crippen LogP contribution in [0.15, 0.2) is 0 Å². The van der Waals surface area contributed by atoms with E-state index < -0.39 is 6.04 Å². The molecule has 2 fully saturated rings. The number of nitrogens with zero attached hydrogens (tertiary/aromatic N) is 1. The van der Waals surface area contributed by atoms with Crippen LogP contribution in [0.25, 0.3) is 0 Å². The van der Waals surface area contributed by atoms with Crippen molar-refractivity contribution < 1.29 is 14.3 Å². The molecule has 3 N–H and O–H groups in total. The van der Waals surface area contributed by atoms with Crippen LogP contribution in [-0.2, 0) is 14.3 Å². The molecule has 8 heteroatoms. The minimum atomic E-state index is -0.415. The van der Waals surface area contributed by atoms with Crippen molar-refractivity contribution in [3.05, 3.63) is 0 Å². The van der Waals surface area contributed by atoms with Gasteiger partial charge in [0.05, 0.1) is 19.3 Å². The predicted octanol–water partition coefficient (Wildman–Crippen LogP) is 1.06. The van der Waals surface area contributed by atoms with E-state index in [-0.39, 0.29) is 36.6 Å². The topological polar surface area (TPSA) is 76.8 Å². The maximum atomic E-state index is 12.3. The van der Waals surface area contributed by atoms with Crippen LogP contribution in [0.2, 0.25) is 0 Å². The first-order valence-electron chi connectivity index (χ1n) is 8.52. The molecule has 0 spiro atoms. The average Bonchev–Trinajstić information content (AvgIpc) is 2.55. The monoisotopic (exact) mass is 385 g/mol. The molecule has 2 rings (SSSR count). The van der Waals surface area contributed by atoms with Gasteiger partial charge in [0.2, 0.25) is 5.91 Å². The summed E-state index contributed by atoms with van der Waals surface area (Å²) in [5.74, 6) is 0.707. The van der Waals surface area contributed by atoms with Gasteiger partial charge in [-0.1, -0.05) is 13.8 Å². The Bertz CT molecular complexity index is 349. The van der Waals surface area contributed by atoms with Gasteiger partial charge in [-0.25, -0.2) is 0 Å². The van der Waals surface area contributed by atoms with Crippen molar-refractivity contribution in [2.45, 2.75) is 38.8 Å². The third-order valence-electron chi connectivity index (χ3n) is 4.85. The number of ether oxygens (including phenoxy) is 2. The predicted molar refractivity (Wildman–Crippen MR) is 100 cm³/mol. The summed E-state index contributed by atoms with van der Waals surface area (Å²) in [7, 11) is 0. The smallest absolute Gasteiger partial charge is 0.237 e. The maximum absolute atomic E-state index is 12.3. The Morgan fingerprint density at radius 2 is 1.67 bits per heavy atom. The molecule has 2 aliphatic heterocycles. The zero-order chi connectivity index (χ0) is 15.9. The highest BCUT2D eigenvalue weighted by molar-refractivity contribution is 5.85. The minimum Gasteiger partial charge on any atom is -0.381 e. The molecule has 2 unspecified atom stereocenters. The highest BCUT2D eigenvalue weighted by Gasteiger charge is 2.28. The van der Waals surface area contributed by atoms with E-state index in [2.05, 4.69) is 24.1 Å². The van der Waals surface area contributed by atoms with Crippen LogP contribution < -0.4 is 11.1 Å². The molecule has 2 saturated heterocycles. The summed E-state index contributed by atoms with van der Waals surface area (Å²) >= 11 is 0. The fourth-order valence-electron chi connectivity index (χ4n) is 3.31. The molecule has 0 aromatic carbocycles. The van der Waals surface area contributed by atoms with Gasteiger partial charge < -0.3 is 20.5 Å². The zero-order valence-corrected chi connectivity index (χ0v) is 16.4. The van der Waals surface area contributed by atoms with Gasteiger partial charge in [-0.05, 0) is 24.7 Å². The van der Waals surface area contributed by atoms with E-state index in [1.807, 2.05) is 0 Å². The SMILES string of the molecule is CC(C)C(CNC(=O)C(N)C1CCOCC1)N1CCOCC1.Cl.Cl. The number of morpholine rings is 1. The largest absolute Gasteiger partial charge is 0.381 e. The van der Waals surface area contributed by atoms with Crippen molar-refractivity contribution in [2.24, 2.45) is 17.6 Å². The van der Waals surface area contributed by atoms with Crippen LogP contribution in [0, 0.1) is 11.8 Å². The van der Waals surface area contributed by atoms with E-state index >= 15 is 0 Å². The lowest BCUT2D eigenvalue weighted by molar-refractivity contribution is -0.124. The Labute approximate surface area is 158 Å². The summed E-state index contributed by atoms with van der Waals surface area (Å²) < 4.78 is 10.7. The standard InChI is InChI=1S/C16H31N3O3.2ClH/c1-12(2)14(19-5-9-22-10-6-19)11-18-16(20)15(17)13-3-7-21-8-4-13;;/h12-15H,3-11,17H2,1-2H3,(H,18,20);2*1H. The number of hydrogen-bond donors (Lipinski definition) is 2. The summed E-state index contributed by atoms with van der Waals surface area (Å²) in [6.07, 6.45) is 1.76. The first-order valence-corrected chi connectivity index (χ1v) is 8.52. The number of nitrogens with two attached hydrogens (primary N) is 1. The van der Waals surface area contributed by atoms with Crippen LogP contribution in [0.4, 0.5) is 0 Å². The molecule has 1 amide bonds. The molecule has 0 aromatic rings. The number of amides is 1. The highest BCUT2D eigenvalue weighted by Crippen LogP contribution is 2.18. The average molecular weight is 386 g/mol. The van der Waals surface area contributed by atoms with E-state index in [4.69, 9.17) is 15.2 Å². The second kappa shape index (κ2) is 12.3. The van der Waals surface area contributed by atoms with E-state index in [9.17, 15) is 4.79 Å².